The van der Waals surface area contributed by atoms with Crippen LogP contribution in [0.3, 0.4) is 0 Å². The summed E-state index contributed by atoms with van der Waals surface area (Å²) in [6.07, 6.45) is -0.457. The van der Waals surface area contributed by atoms with Gasteiger partial charge in [0.15, 0.2) is 5.82 Å². The highest BCUT2D eigenvalue weighted by molar-refractivity contribution is 5.86. The number of fused-ring (bicyclic) bond motifs is 2. The first kappa shape index (κ1) is 23.9. The third-order valence-electron chi connectivity index (χ3n) is 6.59. The second-order valence-corrected chi connectivity index (χ2v) is 10.6. The zero-order valence-electron chi connectivity index (χ0n) is 21.5. The second-order valence-electron chi connectivity index (χ2n) is 10.6. The minimum absolute atomic E-state index is 0.313. The summed E-state index contributed by atoms with van der Waals surface area (Å²) in [6.45, 7) is 7.39. The molecule has 0 unspecified atom stereocenters. The molecule has 184 valence electrons. The van der Waals surface area contributed by atoms with E-state index in [1.165, 1.54) is 32.4 Å². The van der Waals surface area contributed by atoms with Crippen LogP contribution in [0.25, 0.3) is 22.0 Å². The summed E-state index contributed by atoms with van der Waals surface area (Å²) in [7, 11) is 3.81. The zero-order chi connectivity index (χ0) is 25.4. The summed E-state index contributed by atoms with van der Waals surface area (Å²) in [5.41, 5.74) is 5.22. The number of ether oxygens (including phenoxy) is 1. The first-order valence-corrected chi connectivity index (χ1v) is 12.3. The van der Waals surface area contributed by atoms with Crippen molar-refractivity contribution in [2.45, 2.75) is 38.8 Å². The molecule has 1 aromatic heterocycles. The van der Waals surface area contributed by atoms with E-state index in [1.807, 2.05) is 26.8 Å². The predicted molar refractivity (Wildman–Crippen MR) is 144 cm³/mol. The number of aromatic nitrogens is 2. The van der Waals surface area contributed by atoms with Crippen LogP contribution in [0, 0.1) is 0 Å². The van der Waals surface area contributed by atoms with E-state index in [-0.39, 0.29) is 0 Å². The van der Waals surface area contributed by atoms with Crippen LogP contribution in [0.5, 0.6) is 0 Å². The maximum Gasteiger partial charge on any atom is 0.415 e. The van der Waals surface area contributed by atoms with Gasteiger partial charge in [-0.25, -0.2) is 4.79 Å². The number of hydrogen-bond donors (Lipinski definition) is 0. The quantitative estimate of drug-likeness (QED) is 0.347. The Bertz CT molecular complexity index is 1410. The molecule has 0 saturated carbocycles. The molecule has 1 aliphatic heterocycles. The normalized spacial score (nSPS) is 16.0. The van der Waals surface area contributed by atoms with Gasteiger partial charge in [0.1, 0.15) is 5.60 Å². The molecule has 1 amide bonds. The average Bonchev–Trinajstić information content (AvgIpc) is 2.86. The van der Waals surface area contributed by atoms with Gasteiger partial charge in [-0.05, 0) is 73.5 Å². The van der Waals surface area contributed by atoms with E-state index in [2.05, 4.69) is 82.8 Å². The standard InChI is InChI=1S/C30H32N4O2/c1-30(2,3)36-29(35)34(5)28-15-14-27(31-32-28)23-12-13-25-24(17-23)18-33(4)19-26(25)22-11-10-20-8-6-7-9-21(20)16-22/h6-17,26H,18-19H2,1-5H3/t26-/m0/s1. The van der Waals surface area contributed by atoms with Gasteiger partial charge in [0, 0.05) is 31.6 Å². The number of rotatable bonds is 3. The first-order valence-electron chi connectivity index (χ1n) is 12.3. The molecule has 1 aliphatic rings. The molecule has 2 heterocycles. The molecule has 36 heavy (non-hydrogen) atoms. The highest BCUT2D eigenvalue weighted by atomic mass is 16.6. The van der Waals surface area contributed by atoms with Crippen molar-refractivity contribution in [2.24, 2.45) is 0 Å². The molecule has 0 bridgehead atoms. The number of nitrogens with zero attached hydrogens (tertiary/aromatic N) is 4. The SMILES string of the molecule is CN1Cc2cc(-c3ccc(N(C)C(=O)OC(C)(C)C)nn3)ccc2[C@H](c2ccc3ccccc3c2)C1. The summed E-state index contributed by atoms with van der Waals surface area (Å²) >= 11 is 0. The topological polar surface area (TPSA) is 58.6 Å². The van der Waals surface area contributed by atoms with Crippen LogP contribution < -0.4 is 4.90 Å². The monoisotopic (exact) mass is 480 g/mol. The fraction of sp³-hybridized carbons (Fsp3) is 0.300. The maximum absolute atomic E-state index is 12.4. The third-order valence-corrected chi connectivity index (χ3v) is 6.59. The smallest absolute Gasteiger partial charge is 0.415 e. The Morgan fingerprint density at radius 2 is 1.75 bits per heavy atom. The van der Waals surface area contributed by atoms with Crippen LogP contribution in [0.4, 0.5) is 10.6 Å². The Kier molecular flexibility index (Phi) is 6.22. The lowest BCUT2D eigenvalue weighted by Crippen LogP contribution is -2.34. The third kappa shape index (κ3) is 4.95. The van der Waals surface area contributed by atoms with E-state index in [0.29, 0.717) is 11.7 Å². The van der Waals surface area contributed by atoms with Crippen molar-refractivity contribution in [3.8, 4) is 11.3 Å². The van der Waals surface area contributed by atoms with E-state index in [0.717, 1.165) is 24.3 Å². The second kappa shape index (κ2) is 9.36. The van der Waals surface area contributed by atoms with Gasteiger partial charge in [0.2, 0.25) is 0 Å². The van der Waals surface area contributed by atoms with Crippen LogP contribution >= 0.6 is 0 Å². The highest BCUT2D eigenvalue weighted by Crippen LogP contribution is 2.36. The Morgan fingerprint density at radius 3 is 2.47 bits per heavy atom. The lowest BCUT2D eigenvalue weighted by molar-refractivity contribution is 0.0588. The number of hydrogen-bond acceptors (Lipinski definition) is 5. The van der Waals surface area contributed by atoms with Crippen molar-refractivity contribution in [3.05, 3.63) is 89.5 Å². The van der Waals surface area contributed by atoms with Crippen molar-refractivity contribution >= 4 is 22.7 Å². The summed E-state index contributed by atoms with van der Waals surface area (Å²) in [5, 5.41) is 11.2. The summed E-state index contributed by atoms with van der Waals surface area (Å²) in [4.78, 5) is 16.1. The molecule has 0 N–H and O–H groups in total. The molecule has 1 atom stereocenters. The van der Waals surface area contributed by atoms with Crippen molar-refractivity contribution in [1.82, 2.24) is 15.1 Å². The van der Waals surface area contributed by atoms with E-state index in [9.17, 15) is 4.79 Å². The molecular formula is C30H32N4O2. The largest absolute Gasteiger partial charge is 0.443 e. The molecule has 0 spiro atoms. The molecule has 0 aliphatic carbocycles. The minimum Gasteiger partial charge on any atom is -0.443 e. The van der Waals surface area contributed by atoms with Crippen LogP contribution in [-0.2, 0) is 11.3 Å². The predicted octanol–water partition coefficient (Wildman–Crippen LogP) is 6.25. The van der Waals surface area contributed by atoms with Gasteiger partial charge < -0.3 is 9.64 Å². The van der Waals surface area contributed by atoms with Gasteiger partial charge >= 0.3 is 6.09 Å². The minimum atomic E-state index is -0.570. The van der Waals surface area contributed by atoms with E-state index >= 15 is 0 Å². The average molecular weight is 481 g/mol. The van der Waals surface area contributed by atoms with E-state index < -0.39 is 11.7 Å². The van der Waals surface area contributed by atoms with Crippen LogP contribution in [-0.4, -0.2) is 47.4 Å². The molecule has 3 aromatic carbocycles. The van der Waals surface area contributed by atoms with Crippen LogP contribution in [0.15, 0.2) is 72.8 Å². The fourth-order valence-electron chi connectivity index (χ4n) is 4.80. The van der Waals surface area contributed by atoms with Gasteiger partial charge in [-0.2, -0.15) is 0 Å². The van der Waals surface area contributed by atoms with Crippen LogP contribution in [0.2, 0.25) is 0 Å². The molecule has 4 aromatic rings. The molecule has 0 radical (unpaired) electrons. The Morgan fingerprint density at radius 1 is 0.972 bits per heavy atom. The number of amides is 1. The summed E-state index contributed by atoms with van der Waals surface area (Å²) < 4.78 is 5.43. The number of benzene rings is 3. The molecule has 0 fully saturated rings. The zero-order valence-corrected chi connectivity index (χ0v) is 21.5. The van der Waals surface area contributed by atoms with Crippen molar-refractivity contribution < 1.29 is 9.53 Å². The number of carbonyl (C=O) groups is 1. The Hall–Kier alpha value is -3.77. The fourth-order valence-corrected chi connectivity index (χ4v) is 4.80. The summed E-state index contributed by atoms with van der Waals surface area (Å²) in [6, 6.07) is 25.6. The lowest BCUT2D eigenvalue weighted by atomic mass is 9.83. The molecule has 0 saturated heterocycles. The van der Waals surface area contributed by atoms with Gasteiger partial charge in [-0.3, -0.25) is 4.90 Å². The van der Waals surface area contributed by atoms with Gasteiger partial charge in [-0.1, -0.05) is 54.6 Å². The Labute approximate surface area is 212 Å². The Balaban J connectivity index is 1.41. The number of anilines is 1. The molecule has 6 nitrogen and oxygen atoms in total. The number of likely N-dealkylation sites (N-methyl/N-ethyl adjacent to an activating group) is 1. The lowest BCUT2D eigenvalue weighted by Gasteiger charge is -2.33. The molecular weight excluding hydrogens is 448 g/mol. The van der Waals surface area contributed by atoms with Crippen molar-refractivity contribution in [2.75, 3.05) is 25.5 Å². The molecule has 5 rings (SSSR count). The summed E-state index contributed by atoms with van der Waals surface area (Å²) in [5.74, 6) is 0.760. The highest BCUT2D eigenvalue weighted by Gasteiger charge is 2.26. The van der Waals surface area contributed by atoms with E-state index in [4.69, 9.17) is 4.74 Å². The number of carbonyl (C=O) groups excluding carboxylic acids is 1. The van der Waals surface area contributed by atoms with Crippen molar-refractivity contribution in [1.29, 1.82) is 0 Å². The van der Waals surface area contributed by atoms with Crippen molar-refractivity contribution in [3.63, 3.8) is 0 Å². The van der Waals surface area contributed by atoms with Gasteiger partial charge in [0.05, 0.1) is 5.69 Å². The maximum atomic E-state index is 12.4. The van der Waals surface area contributed by atoms with Gasteiger partial charge in [0.25, 0.3) is 0 Å². The van der Waals surface area contributed by atoms with E-state index in [1.54, 1.807) is 13.1 Å². The molecule has 6 heteroatoms. The van der Waals surface area contributed by atoms with Gasteiger partial charge in [-0.15, -0.1) is 10.2 Å². The first-order chi connectivity index (χ1) is 17.2. The van der Waals surface area contributed by atoms with Crippen LogP contribution in [0.1, 0.15) is 43.4 Å².